The summed E-state index contributed by atoms with van der Waals surface area (Å²) in [5, 5.41) is 14.7. The molecule has 8 heteroatoms. The quantitative estimate of drug-likeness (QED) is 0.499. The van der Waals surface area contributed by atoms with Gasteiger partial charge in [-0.1, -0.05) is 69.3 Å². The lowest BCUT2D eigenvalue weighted by molar-refractivity contribution is -0.149. The molecule has 0 heterocycles. The number of aliphatic carboxylic acids is 1. The third kappa shape index (κ3) is 6.19. The zero-order chi connectivity index (χ0) is 25.8. The fraction of sp³-hybridized carbons (Fsp3) is 0.444. The van der Waals surface area contributed by atoms with Crippen molar-refractivity contribution in [3.05, 3.63) is 59.7 Å². The van der Waals surface area contributed by atoms with Crippen molar-refractivity contribution in [3.8, 4) is 11.1 Å². The van der Waals surface area contributed by atoms with Crippen LogP contribution in [0.1, 0.15) is 51.2 Å². The van der Waals surface area contributed by atoms with Crippen molar-refractivity contribution in [2.75, 3.05) is 20.3 Å². The van der Waals surface area contributed by atoms with Crippen molar-refractivity contribution < 1.29 is 29.0 Å². The van der Waals surface area contributed by atoms with E-state index in [1.807, 2.05) is 57.2 Å². The van der Waals surface area contributed by atoms with Gasteiger partial charge in [0.2, 0.25) is 5.91 Å². The first kappa shape index (κ1) is 26.2. The summed E-state index contributed by atoms with van der Waals surface area (Å²) in [6, 6.07) is 15.1. The van der Waals surface area contributed by atoms with Gasteiger partial charge in [-0.05, 0) is 41.0 Å². The molecular weight excluding hydrogens is 448 g/mol. The fourth-order valence-corrected chi connectivity index (χ4v) is 4.40. The average molecular weight is 483 g/mol. The first-order valence-corrected chi connectivity index (χ1v) is 11.6. The Kier molecular flexibility index (Phi) is 7.85. The second-order valence-electron chi connectivity index (χ2n) is 10.3. The summed E-state index contributed by atoms with van der Waals surface area (Å²) < 4.78 is 10.6. The molecule has 2 unspecified atom stereocenters. The van der Waals surface area contributed by atoms with Crippen LogP contribution in [0.15, 0.2) is 48.5 Å². The number of rotatable bonds is 9. The van der Waals surface area contributed by atoms with Gasteiger partial charge >= 0.3 is 12.1 Å². The molecule has 0 saturated heterocycles. The van der Waals surface area contributed by atoms with Crippen LogP contribution in [0.4, 0.5) is 4.79 Å². The minimum absolute atomic E-state index is 0.111. The molecule has 2 aromatic rings. The number of hydrogen-bond acceptors (Lipinski definition) is 5. The van der Waals surface area contributed by atoms with Crippen molar-refractivity contribution in [2.24, 2.45) is 5.41 Å². The molecule has 188 valence electrons. The summed E-state index contributed by atoms with van der Waals surface area (Å²) in [6.07, 6.45) is -0.453. The first-order valence-electron chi connectivity index (χ1n) is 11.6. The van der Waals surface area contributed by atoms with Crippen LogP contribution in [-0.2, 0) is 19.1 Å². The highest BCUT2D eigenvalue weighted by Crippen LogP contribution is 2.44. The fourth-order valence-electron chi connectivity index (χ4n) is 4.40. The number of carboxylic acid groups (broad SMARTS) is 1. The molecule has 0 aliphatic heterocycles. The van der Waals surface area contributed by atoms with Crippen LogP contribution in [0.2, 0.25) is 0 Å². The number of carbonyl (C=O) groups excluding carboxylic acids is 2. The normalized spacial score (nSPS) is 15.3. The van der Waals surface area contributed by atoms with E-state index in [1.165, 1.54) is 14.0 Å². The van der Waals surface area contributed by atoms with Crippen molar-refractivity contribution in [1.82, 2.24) is 10.6 Å². The molecule has 3 rings (SSSR count). The number of alkyl carbamates (subject to hydrolysis) is 1. The van der Waals surface area contributed by atoms with Gasteiger partial charge in [-0.3, -0.25) is 4.79 Å². The van der Waals surface area contributed by atoms with Gasteiger partial charge in [0.1, 0.15) is 12.6 Å². The lowest BCUT2D eigenvalue weighted by Crippen LogP contribution is -2.60. The Morgan fingerprint density at radius 2 is 1.51 bits per heavy atom. The maximum atomic E-state index is 13.0. The summed E-state index contributed by atoms with van der Waals surface area (Å²) >= 11 is 0. The molecule has 1 aliphatic rings. The van der Waals surface area contributed by atoms with Crippen molar-refractivity contribution in [3.63, 3.8) is 0 Å². The maximum absolute atomic E-state index is 13.0. The second-order valence-corrected chi connectivity index (χ2v) is 10.3. The van der Waals surface area contributed by atoms with Gasteiger partial charge in [0, 0.05) is 13.0 Å². The third-order valence-corrected chi connectivity index (χ3v) is 6.07. The van der Waals surface area contributed by atoms with Crippen LogP contribution in [0.25, 0.3) is 11.1 Å². The highest BCUT2D eigenvalue weighted by Gasteiger charge is 2.38. The van der Waals surface area contributed by atoms with Crippen LogP contribution >= 0.6 is 0 Å². The molecular formula is C27H34N2O6. The van der Waals surface area contributed by atoms with Crippen LogP contribution in [0.3, 0.4) is 0 Å². The Hall–Kier alpha value is -3.39. The Morgan fingerprint density at radius 3 is 2.00 bits per heavy atom. The van der Waals surface area contributed by atoms with E-state index in [1.54, 1.807) is 0 Å². The molecule has 0 fully saturated rings. The largest absolute Gasteiger partial charge is 0.479 e. The molecule has 0 radical (unpaired) electrons. The van der Waals surface area contributed by atoms with E-state index in [0.717, 1.165) is 22.3 Å². The maximum Gasteiger partial charge on any atom is 0.407 e. The van der Waals surface area contributed by atoms with Crippen LogP contribution in [0.5, 0.6) is 0 Å². The van der Waals surface area contributed by atoms with E-state index < -0.39 is 29.6 Å². The van der Waals surface area contributed by atoms with Gasteiger partial charge in [0.05, 0.1) is 6.61 Å². The summed E-state index contributed by atoms with van der Waals surface area (Å²) in [5.41, 5.74) is 2.45. The lowest BCUT2D eigenvalue weighted by atomic mass is 9.87. The topological polar surface area (TPSA) is 114 Å². The molecule has 1 aliphatic carbocycles. The van der Waals surface area contributed by atoms with E-state index in [-0.39, 0.29) is 31.0 Å². The third-order valence-electron chi connectivity index (χ3n) is 6.07. The number of nitrogens with one attached hydrogen (secondary N) is 2. The van der Waals surface area contributed by atoms with E-state index >= 15 is 0 Å². The summed E-state index contributed by atoms with van der Waals surface area (Å²) in [7, 11) is 1.36. The van der Waals surface area contributed by atoms with Gasteiger partial charge in [-0.25, -0.2) is 9.59 Å². The van der Waals surface area contributed by atoms with Crippen molar-refractivity contribution >= 4 is 18.0 Å². The number of amides is 2. The van der Waals surface area contributed by atoms with E-state index in [4.69, 9.17) is 9.47 Å². The van der Waals surface area contributed by atoms with Crippen LogP contribution in [0, 0.1) is 5.41 Å². The van der Waals surface area contributed by atoms with Gasteiger partial charge in [-0.2, -0.15) is 0 Å². The van der Waals surface area contributed by atoms with Gasteiger partial charge in [0.15, 0.2) is 5.54 Å². The predicted octanol–water partition coefficient (Wildman–Crippen LogP) is 3.94. The van der Waals surface area contributed by atoms with Crippen molar-refractivity contribution in [1.29, 1.82) is 0 Å². The zero-order valence-electron chi connectivity index (χ0n) is 20.9. The Labute approximate surface area is 206 Å². The number of carbonyl (C=O) groups is 3. The van der Waals surface area contributed by atoms with Gasteiger partial charge in [0.25, 0.3) is 0 Å². The molecule has 0 aromatic heterocycles. The lowest BCUT2D eigenvalue weighted by Gasteiger charge is -2.30. The number of ether oxygens (including phenoxy) is 2. The van der Waals surface area contributed by atoms with Gasteiger partial charge < -0.3 is 25.2 Å². The number of fused-ring (bicyclic) bond motifs is 3. The highest BCUT2D eigenvalue weighted by molar-refractivity contribution is 5.91. The minimum atomic E-state index is -1.63. The number of hydrogen-bond donors (Lipinski definition) is 3. The number of carboxylic acids is 1. The molecule has 0 saturated carbocycles. The second kappa shape index (κ2) is 10.5. The summed E-state index contributed by atoms with van der Waals surface area (Å²) in [4.78, 5) is 37.6. The number of benzene rings is 2. The van der Waals surface area contributed by atoms with Crippen LogP contribution < -0.4 is 10.6 Å². The Morgan fingerprint density at radius 1 is 0.971 bits per heavy atom. The molecule has 35 heavy (non-hydrogen) atoms. The van der Waals surface area contributed by atoms with E-state index in [0.29, 0.717) is 0 Å². The van der Waals surface area contributed by atoms with Crippen LogP contribution in [-0.4, -0.2) is 55.0 Å². The monoisotopic (exact) mass is 482 g/mol. The smallest absolute Gasteiger partial charge is 0.407 e. The summed E-state index contributed by atoms with van der Waals surface area (Å²) in [5.74, 6) is -1.96. The number of methoxy groups -OCH3 is 1. The molecule has 3 N–H and O–H groups in total. The molecule has 2 aromatic carbocycles. The summed E-state index contributed by atoms with van der Waals surface area (Å²) in [6.45, 7) is 7.04. The Bertz CT molecular complexity index is 1050. The first-order chi connectivity index (χ1) is 16.4. The zero-order valence-corrected chi connectivity index (χ0v) is 20.9. The average Bonchev–Trinajstić information content (AvgIpc) is 3.10. The highest BCUT2D eigenvalue weighted by atomic mass is 16.5. The van der Waals surface area contributed by atoms with E-state index in [2.05, 4.69) is 22.8 Å². The predicted molar refractivity (Wildman–Crippen MR) is 132 cm³/mol. The SMILES string of the molecule is COCC(C)(NC(=O)C(CC(C)(C)C)NC(=O)OCC1c2ccccc2-c2ccccc21)C(=O)O. The molecule has 2 amide bonds. The van der Waals surface area contributed by atoms with E-state index in [9.17, 15) is 19.5 Å². The Balaban J connectivity index is 1.72. The standard InChI is InChI=1S/C27H34N2O6/c1-26(2,3)14-22(23(30)29-27(4,16-34-5)24(31)32)28-25(33)35-15-21-19-12-8-6-10-17(19)18-11-7-9-13-20(18)21/h6-13,21-22H,14-16H2,1-5H3,(H,28,33)(H,29,30)(H,31,32). The molecule has 0 bridgehead atoms. The molecule has 0 spiro atoms. The molecule has 8 nitrogen and oxygen atoms in total. The van der Waals surface area contributed by atoms with Crippen molar-refractivity contribution in [2.45, 2.75) is 51.6 Å². The minimum Gasteiger partial charge on any atom is -0.479 e. The van der Waals surface area contributed by atoms with Gasteiger partial charge in [-0.15, -0.1) is 0 Å². The molecule has 2 atom stereocenters.